The lowest BCUT2D eigenvalue weighted by Gasteiger charge is -2.26. The molecule has 0 bridgehead atoms. The highest BCUT2D eigenvalue weighted by Crippen LogP contribution is 2.27. The van der Waals surface area contributed by atoms with E-state index >= 15 is 0 Å². The number of thiazole rings is 1. The quantitative estimate of drug-likeness (QED) is 0.377. The Hall–Kier alpha value is -2.68. The molecular formula is C26H30N4O6S3. The maximum atomic E-state index is 12.8. The highest BCUT2D eigenvalue weighted by Gasteiger charge is 2.27. The summed E-state index contributed by atoms with van der Waals surface area (Å²) < 4.78 is 59.5. The number of benzene rings is 2. The number of aromatic nitrogens is 1. The molecule has 2 aromatic carbocycles. The summed E-state index contributed by atoms with van der Waals surface area (Å²) >= 11 is 1.34. The second kappa shape index (κ2) is 11.8. The molecule has 1 aromatic heterocycles. The molecule has 1 N–H and O–H groups in total. The zero-order valence-electron chi connectivity index (χ0n) is 21.3. The third-order valence-corrected chi connectivity index (χ3v) is 11.4. The van der Waals surface area contributed by atoms with Crippen LogP contribution in [0.25, 0.3) is 11.3 Å². The molecule has 3 aromatic rings. The number of hydrogen-bond acceptors (Lipinski definition) is 9. The molecule has 0 aliphatic carbocycles. The summed E-state index contributed by atoms with van der Waals surface area (Å²) in [5.74, 6) is -0.189. The lowest BCUT2D eigenvalue weighted by atomic mass is 10.1. The van der Waals surface area contributed by atoms with Gasteiger partial charge < -0.3 is 10.1 Å². The van der Waals surface area contributed by atoms with Gasteiger partial charge in [-0.3, -0.25) is 4.79 Å². The highest BCUT2D eigenvalue weighted by atomic mass is 32.2. The van der Waals surface area contributed by atoms with Gasteiger partial charge in [-0.15, -0.1) is 11.3 Å². The van der Waals surface area contributed by atoms with Gasteiger partial charge in [0.1, 0.15) is 0 Å². The van der Waals surface area contributed by atoms with Gasteiger partial charge >= 0.3 is 0 Å². The predicted octanol–water partition coefficient (Wildman–Crippen LogP) is 3.30. The number of piperidine rings is 1. The van der Waals surface area contributed by atoms with Crippen molar-refractivity contribution in [1.82, 2.24) is 13.6 Å². The number of ether oxygens (including phenoxy) is 1. The SMILES string of the molecule is O=C(CNc1nc(-c2ccc(S(=O)(=O)N3CCOCC3)cc2)cs1)c1ccc(S(=O)(=O)N2CCCCC2)cc1. The van der Waals surface area contributed by atoms with Crippen molar-refractivity contribution >= 4 is 42.3 Å². The molecule has 208 valence electrons. The number of nitrogens with zero attached hydrogens (tertiary/aromatic N) is 3. The standard InChI is InChI=1S/C26H30N4O6S3/c31-25(21-6-10-23(11-7-21)38(32,33)29-12-2-1-3-13-29)18-27-26-28-24(19-37-26)20-4-8-22(9-5-20)39(34,35)30-14-16-36-17-15-30/h4-11,19H,1-3,12-18H2,(H,27,28). The van der Waals surface area contributed by atoms with E-state index in [-0.39, 0.29) is 22.1 Å². The fraction of sp³-hybridized carbons (Fsp3) is 0.385. The van der Waals surface area contributed by atoms with Crippen LogP contribution in [0.5, 0.6) is 0 Å². The zero-order valence-corrected chi connectivity index (χ0v) is 23.7. The third-order valence-electron chi connectivity index (χ3n) is 6.79. The molecule has 2 aliphatic rings. The molecule has 10 nitrogen and oxygen atoms in total. The van der Waals surface area contributed by atoms with Gasteiger partial charge in [0.25, 0.3) is 0 Å². The van der Waals surface area contributed by atoms with Gasteiger partial charge in [-0.25, -0.2) is 21.8 Å². The van der Waals surface area contributed by atoms with Gasteiger partial charge in [-0.2, -0.15) is 8.61 Å². The molecule has 0 radical (unpaired) electrons. The Labute approximate surface area is 232 Å². The number of carbonyl (C=O) groups is 1. The maximum Gasteiger partial charge on any atom is 0.243 e. The van der Waals surface area contributed by atoms with Crippen molar-refractivity contribution in [3.8, 4) is 11.3 Å². The average molecular weight is 591 g/mol. The van der Waals surface area contributed by atoms with Crippen LogP contribution in [0.3, 0.4) is 0 Å². The van der Waals surface area contributed by atoms with Gasteiger partial charge in [0.2, 0.25) is 20.0 Å². The van der Waals surface area contributed by atoms with Crippen molar-refractivity contribution < 1.29 is 26.4 Å². The first kappa shape index (κ1) is 27.9. The van der Waals surface area contributed by atoms with Crippen molar-refractivity contribution in [1.29, 1.82) is 0 Å². The molecule has 3 heterocycles. The molecule has 5 rings (SSSR count). The van der Waals surface area contributed by atoms with Crippen molar-refractivity contribution in [3.05, 3.63) is 59.5 Å². The van der Waals surface area contributed by atoms with Crippen LogP contribution < -0.4 is 5.32 Å². The number of Topliss-reactive ketones (excluding diaryl/α,β-unsaturated/α-hetero) is 1. The Bertz CT molecular complexity index is 1510. The van der Waals surface area contributed by atoms with Crippen LogP contribution in [0, 0.1) is 0 Å². The van der Waals surface area contributed by atoms with Gasteiger partial charge in [-0.05, 0) is 49.2 Å². The summed E-state index contributed by atoms with van der Waals surface area (Å²) in [5, 5.41) is 5.41. The van der Waals surface area contributed by atoms with Crippen LogP contribution in [-0.2, 0) is 24.8 Å². The molecule has 0 atom stereocenters. The first-order chi connectivity index (χ1) is 18.7. The Kier molecular flexibility index (Phi) is 8.45. The number of carbonyl (C=O) groups excluding carboxylic acids is 1. The highest BCUT2D eigenvalue weighted by molar-refractivity contribution is 7.89. The number of anilines is 1. The third kappa shape index (κ3) is 6.23. The van der Waals surface area contributed by atoms with E-state index in [0.717, 1.165) is 24.8 Å². The second-order valence-corrected chi connectivity index (χ2v) is 14.1. The lowest BCUT2D eigenvalue weighted by Crippen LogP contribution is -2.40. The molecule has 0 unspecified atom stereocenters. The van der Waals surface area contributed by atoms with Gasteiger partial charge in [-0.1, -0.05) is 18.6 Å². The van der Waals surface area contributed by atoms with E-state index in [2.05, 4.69) is 10.3 Å². The van der Waals surface area contributed by atoms with E-state index in [9.17, 15) is 21.6 Å². The number of nitrogens with one attached hydrogen (secondary N) is 1. The van der Waals surface area contributed by atoms with Crippen LogP contribution in [0.15, 0.2) is 63.7 Å². The minimum absolute atomic E-state index is 0.00189. The second-order valence-electron chi connectivity index (χ2n) is 9.34. The van der Waals surface area contributed by atoms with E-state index in [1.807, 2.05) is 5.38 Å². The minimum atomic E-state index is -3.57. The molecule has 13 heteroatoms. The maximum absolute atomic E-state index is 12.8. The van der Waals surface area contributed by atoms with Crippen LogP contribution in [0.4, 0.5) is 5.13 Å². The molecular weight excluding hydrogens is 561 g/mol. The topological polar surface area (TPSA) is 126 Å². The Morgan fingerprint density at radius 2 is 1.38 bits per heavy atom. The Morgan fingerprint density at radius 1 is 0.821 bits per heavy atom. The van der Waals surface area contributed by atoms with Crippen molar-refractivity contribution in [3.63, 3.8) is 0 Å². The smallest absolute Gasteiger partial charge is 0.243 e. The molecule has 0 amide bonds. The van der Waals surface area contributed by atoms with Gasteiger partial charge in [0, 0.05) is 42.7 Å². The molecule has 2 saturated heterocycles. The van der Waals surface area contributed by atoms with Crippen LogP contribution in [0.2, 0.25) is 0 Å². The molecule has 2 fully saturated rings. The Morgan fingerprint density at radius 3 is 2.00 bits per heavy atom. The number of hydrogen-bond donors (Lipinski definition) is 1. The zero-order chi connectivity index (χ0) is 27.5. The molecule has 0 spiro atoms. The lowest BCUT2D eigenvalue weighted by molar-refractivity contribution is 0.0730. The first-order valence-corrected chi connectivity index (χ1v) is 16.5. The van der Waals surface area contributed by atoms with E-state index in [1.54, 1.807) is 36.4 Å². The number of sulfonamides is 2. The van der Waals surface area contributed by atoms with Gasteiger partial charge in [0.15, 0.2) is 10.9 Å². The number of morpholine rings is 1. The number of rotatable bonds is 9. The van der Waals surface area contributed by atoms with Crippen molar-refractivity contribution in [2.45, 2.75) is 29.1 Å². The van der Waals surface area contributed by atoms with Gasteiger partial charge in [0.05, 0.1) is 35.2 Å². The van der Waals surface area contributed by atoms with Crippen LogP contribution in [0.1, 0.15) is 29.6 Å². The normalized spacial score (nSPS) is 17.6. The molecule has 39 heavy (non-hydrogen) atoms. The molecule has 2 aliphatic heterocycles. The molecule has 0 saturated carbocycles. The fourth-order valence-corrected chi connectivity index (χ4v) is 8.19. The van der Waals surface area contributed by atoms with Crippen LogP contribution in [-0.4, -0.2) is 82.2 Å². The summed E-state index contributed by atoms with van der Waals surface area (Å²) in [6.07, 6.45) is 2.77. The fourth-order valence-electron chi connectivity index (χ4n) is 4.55. The number of ketones is 1. The average Bonchev–Trinajstić information content (AvgIpc) is 3.46. The predicted molar refractivity (Wildman–Crippen MR) is 149 cm³/mol. The summed E-state index contributed by atoms with van der Waals surface area (Å²) in [4.78, 5) is 17.6. The van der Waals surface area contributed by atoms with E-state index in [1.165, 1.54) is 32.1 Å². The summed E-state index contributed by atoms with van der Waals surface area (Å²) in [5.41, 5.74) is 1.84. The summed E-state index contributed by atoms with van der Waals surface area (Å²) in [7, 11) is -7.11. The van der Waals surface area contributed by atoms with Crippen LogP contribution >= 0.6 is 11.3 Å². The summed E-state index contributed by atoms with van der Waals surface area (Å²) in [6, 6.07) is 12.6. The van der Waals surface area contributed by atoms with E-state index in [4.69, 9.17) is 4.74 Å². The monoisotopic (exact) mass is 590 g/mol. The Balaban J connectivity index is 1.18. The van der Waals surface area contributed by atoms with E-state index in [0.29, 0.717) is 55.8 Å². The van der Waals surface area contributed by atoms with Crippen molar-refractivity contribution in [2.75, 3.05) is 51.3 Å². The van der Waals surface area contributed by atoms with E-state index < -0.39 is 20.0 Å². The van der Waals surface area contributed by atoms with Crippen molar-refractivity contribution in [2.24, 2.45) is 0 Å². The first-order valence-electron chi connectivity index (χ1n) is 12.8. The minimum Gasteiger partial charge on any atom is -0.379 e. The summed E-state index contributed by atoms with van der Waals surface area (Å²) in [6.45, 7) is 2.51. The largest absolute Gasteiger partial charge is 0.379 e.